The number of nitrogens with zero attached hydrogens (tertiary/aromatic N) is 2. The predicted octanol–water partition coefficient (Wildman–Crippen LogP) is 3.17. The Morgan fingerprint density at radius 1 is 1.33 bits per heavy atom. The van der Waals surface area contributed by atoms with Crippen molar-refractivity contribution in [3.8, 4) is 0 Å². The molecule has 0 aliphatic carbocycles. The SMILES string of the molecule is CC.Cc1cc2c(Cl)nccn2c1[Se]C(F)(F)F. The quantitative estimate of drug-likeness (QED) is 0.727. The second kappa shape index (κ2) is 5.95. The van der Waals surface area contributed by atoms with Crippen LogP contribution in [0, 0.1) is 6.92 Å². The Kier molecular flexibility index (Phi) is 5.08. The first-order valence-electron chi connectivity index (χ1n) is 5.26. The standard InChI is InChI=1S/C9H6ClF3N2Se.C2H6/c1-5-4-6-7(10)14-2-3-15(6)8(5)16-9(11,12)13;1-2/h2-4H,1H3;1-2H3. The molecule has 0 fully saturated rings. The number of aryl methyl sites for hydroxylation is 1. The zero-order valence-electron chi connectivity index (χ0n) is 10.0. The van der Waals surface area contributed by atoms with Crippen molar-refractivity contribution in [3.63, 3.8) is 0 Å². The molecule has 7 heteroatoms. The molecular weight excluding hydrogens is 332 g/mol. The van der Waals surface area contributed by atoms with Crippen molar-refractivity contribution in [1.29, 1.82) is 0 Å². The molecule has 0 bridgehead atoms. The van der Waals surface area contributed by atoms with Crippen molar-refractivity contribution in [2.24, 2.45) is 0 Å². The molecule has 0 atom stereocenters. The van der Waals surface area contributed by atoms with E-state index < -0.39 is 20.0 Å². The van der Waals surface area contributed by atoms with E-state index in [2.05, 4.69) is 4.98 Å². The third-order valence-corrected chi connectivity index (χ3v) is 4.27. The van der Waals surface area contributed by atoms with Gasteiger partial charge in [0, 0.05) is 0 Å². The first-order chi connectivity index (χ1) is 8.38. The molecule has 0 amide bonds. The van der Waals surface area contributed by atoms with Crippen LogP contribution in [0.2, 0.25) is 5.15 Å². The maximum atomic E-state index is 12.4. The summed E-state index contributed by atoms with van der Waals surface area (Å²) in [7, 11) is 0. The van der Waals surface area contributed by atoms with E-state index in [4.69, 9.17) is 11.6 Å². The summed E-state index contributed by atoms with van der Waals surface area (Å²) in [5.74, 6) is 0. The second-order valence-electron chi connectivity index (χ2n) is 3.15. The van der Waals surface area contributed by atoms with Crippen LogP contribution < -0.4 is 4.59 Å². The summed E-state index contributed by atoms with van der Waals surface area (Å²) in [6.07, 6.45) is 2.89. The molecule has 0 N–H and O–H groups in total. The van der Waals surface area contributed by atoms with Gasteiger partial charge in [-0.05, 0) is 0 Å². The molecule has 0 saturated heterocycles. The van der Waals surface area contributed by atoms with Gasteiger partial charge >= 0.3 is 100 Å². The molecule has 18 heavy (non-hydrogen) atoms. The summed E-state index contributed by atoms with van der Waals surface area (Å²) in [6, 6.07) is 1.62. The molecule has 2 nitrogen and oxygen atoms in total. The van der Waals surface area contributed by atoms with Crippen LogP contribution in [0.25, 0.3) is 5.52 Å². The molecule has 2 aromatic heterocycles. The van der Waals surface area contributed by atoms with Gasteiger partial charge in [-0.3, -0.25) is 0 Å². The first kappa shape index (κ1) is 15.3. The minimum atomic E-state index is -4.16. The van der Waals surface area contributed by atoms with Crippen LogP contribution in [0.15, 0.2) is 18.5 Å². The van der Waals surface area contributed by atoms with Crippen LogP contribution in [0.3, 0.4) is 0 Å². The first-order valence-corrected chi connectivity index (χ1v) is 7.35. The van der Waals surface area contributed by atoms with Gasteiger partial charge in [-0.1, -0.05) is 13.8 Å². The molecular formula is C11H12ClF3N2Se. The normalized spacial score (nSPS) is 11.3. The number of alkyl halides is 3. The predicted molar refractivity (Wildman–Crippen MR) is 67.7 cm³/mol. The number of rotatable bonds is 1. The Balaban J connectivity index is 0.000000771. The average molecular weight is 344 g/mol. The molecule has 0 radical (unpaired) electrons. The van der Waals surface area contributed by atoms with Crippen molar-refractivity contribution >= 4 is 36.7 Å². The molecule has 0 aromatic carbocycles. The van der Waals surface area contributed by atoms with Crippen molar-refractivity contribution in [2.45, 2.75) is 25.8 Å². The Bertz CT molecular complexity index is 537. The topological polar surface area (TPSA) is 17.3 Å². The molecule has 0 unspecified atom stereocenters. The molecule has 2 rings (SSSR count). The van der Waals surface area contributed by atoms with E-state index in [0.717, 1.165) is 0 Å². The van der Waals surface area contributed by atoms with Gasteiger partial charge in [0.1, 0.15) is 0 Å². The average Bonchev–Trinajstić information content (AvgIpc) is 2.59. The molecule has 0 saturated carbocycles. The van der Waals surface area contributed by atoms with Crippen LogP contribution in [-0.4, -0.2) is 29.4 Å². The monoisotopic (exact) mass is 344 g/mol. The van der Waals surface area contributed by atoms with Gasteiger partial charge in [-0.25, -0.2) is 0 Å². The second-order valence-corrected chi connectivity index (χ2v) is 5.72. The Morgan fingerprint density at radius 3 is 2.50 bits per heavy atom. The third-order valence-electron chi connectivity index (χ3n) is 2.00. The summed E-state index contributed by atoms with van der Waals surface area (Å²) in [6.45, 7) is 5.64. The van der Waals surface area contributed by atoms with Crippen LogP contribution in [0.4, 0.5) is 13.2 Å². The van der Waals surface area contributed by atoms with Crippen LogP contribution in [0.5, 0.6) is 0 Å². The fraction of sp³-hybridized carbons (Fsp3) is 0.364. The molecule has 0 spiro atoms. The zero-order chi connectivity index (χ0) is 13.9. The summed E-state index contributed by atoms with van der Waals surface area (Å²) in [5.41, 5.74) is 1.11. The zero-order valence-corrected chi connectivity index (χ0v) is 12.5. The van der Waals surface area contributed by atoms with Crippen molar-refractivity contribution in [3.05, 3.63) is 29.2 Å². The van der Waals surface area contributed by atoms with Crippen LogP contribution in [0.1, 0.15) is 19.4 Å². The van der Waals surface area contributed by atoms with E-state index in [1.165, 1.54) is 16.8 Å². The van der Waals surface area contributed by atoms with Crippen molar-refractivity contribution in [2.75, 3.05) is 0 Å². The van der Waals surface area contributed by atoms with Crippen LogP contribution >= 0.6 is 11.6 Å². The molecule has 100 valence electrons. The molecule has 0 aliphatic heterocycles. The van der Waals surface area contributed by atoms with Crippen molar-refractivity contribution in [1.82, 2.24) is 9.38 Å². The van der Waals surface area contributed by atoms with Gasteiger partial charge in [0.2, 0.25) is 0 Å². The van der Waals surface area contributed by atoms with E-state index in [9.17, 15) is 13.2 Å². The fourth-order valence-electron chi connectivity index (χ4n) is 1.41. The van der Waals surface area contributed by atoms with Gasteiger partial charge in [0.25, 0.3) is 0 Å². The number of fused-ring (bicyclic) bond motifs is 1. The minimum absolute atomic E-state index is 0.217. The van der Waals surface area contributed by atoms with Crippen molar-refractivity contribution < 1.29 is 13.2 Å². The number of halogens is 4. The Labute approximate surface area is 114 Å². The molecule has 0 aliphatic rings. The number of hydrogen-bond donors (Lipinski definition) is 0. The van der Waals surface area contributed by atoms with E-state index >= 15 is 0 Å². The fourth-order valence-corrected chi connectivity index (χ4v) is 3.08. The molecule has 2 aromatic rings. The van der Waals surface area contributed by atoms with Gasteiger partial charge in [-0.2, -0.15) is 0 Å². The van der Waals surface area contributed by atoms with Gasteiger partial charge in [0.05, 0.1) is 0 Å². The third kappa shape index (κ3) is 3.40. The van der Waals surface area contributed by atoms with E-state index in [1.54, 1.807) is 13.0 Å². The summed E-state index contributed by atoms with van der Waals surface area (Å²) >= 11 is 4.23. The van der Waals surface area contributed by atoms with E-state index in [1.807, 2.05) is 13.8 Å². The number of hydrogen-bond acceptors (Lipinski definition) is 1. The van der Waals surface area contributed by atoms with Gasteiger partial charge < -0.3 is 0 Å². The summed E-state index contributed by atoms with van der Waals surface area (Å²) in [4.78, 5) is 3.83. The number of aromatic nitrogens is 2. The summed E-state index contributed by atoms with van der Waals surface area (Å²) < 4.78 is 38.9. The Morgan fingerprint density at radius 2 is 1.94 bits per heavy atom. The summed E-state index contributed by atoms with van der Waals surface area (Å²) in [5, 5.41) is -3.95. The Hall–Kier alpha value is -0.711. The van der Waals surface area contributed by atoms with E-state index in [0.29, 0.717) is 11.1 Å². The van der Waals surface area contributed by atoms with Crippen LogP contribution in [-0.2, 0) is 0 Å². The molecule has 2 heterocycles. The van der Waals surface area contributed by atoms with E-state index in [-0.39, 0.29) is 9.75 Å². The maximum absolute atomic E-state index is 12.4. The van der Waals surface area contributed by atoms with Gasteiger partial charge in [0.15, 0.2) is 0 Å². The van der Waals surface area contributed by atoms with Gasteiger partial charge in [-0.15, -0.1) is 0 Å².